The minimum atomic E-state index is -0.262. The van der Waals surface area contributed by atoms with Crippen molar-refractivity contribution in [3.05, 3.63) is 0 Å². The molecule has 0 fully saturated rings. The van der Waals surface area contributed by atoms with Gasteiger partial charge in [0.2, 0.25) is 0 Å². The van der Waals surface area contributed by atoms with Gasteiger partial charge in [0.1, 0.15) is 6.10 Å². The van der Waals surface area contributed by atoms with Crippen LogP contribution in [0.15, 0.2) is 0 Å². The second-order valence-corrected chi connectivity index (χ2v) is 2.57. The lowest BCUT2D eigenvalue weighted by Crippen LogP contribution is -2.14. The summed E-state index contributed by atoms with van der Waals surface area (Å²) < 4.78 is 9.92. The van der Waals surface area contributed by atoms with Gasteiger partial charge in [-0.25, -0.2) is 0 Å². The zero-order valence-corrected chi connectivity index (χ0v) is 10.1. The predicted molar refractivity (Wildman–Crippen MR) is 67.2 cm³/mol. The SMILES string of the molecule is CC#CC#CC#CC#CC#CC(COC)OC. The lowest BCUT2D eigenvalue weighted by molar-refractivity contribution is 0.0628. The summed E-state index contributed by atoms with van der Waals surface area (Å²) in [5.74, 6) is 25.9. The van der Waals surface area contributed by atoms with E-state index in [0.717, 1.165) is 0 Å². The van der Waals surface area contributed by atoms with Crippen molar-refractivity contribution >= 4 is 0 Å². The molecule has 0 aliphatic carbocycles. The van der Waals surface area contributed by atoms with Crippen LogP contribution in [-0.2, 0) is 9.47 Å². The molecule has 0 amide bonds. The molecule has 0 heterocycles. The van der Waals surface area contributed by atoms with Crippen LogP contribution in [0.4, 0.5) is 0 Å². The number of ether oxygens (including phenoxy) is 2. The molecular weight excluding hydrogens is 212 g/mol. The van der Waals surface area contributed by atoms with Gasteiger partial charge in [-0.2, -0.15) is 0 Å². The molecule has 0 N–H and O–H groups in total. The third kappa shape index (κ3) is 10.0. The highest BCUT2D eigenvalue weighted by Gasteiger charge is 1.98. The number of hydrogen-bond acceptors (Lipinski definition) is 2. The van der Waals surface area contributed by atoms with Crippen molar-refractivity contribution < 1.29 is 9.47 Å². The summed E-state index contributed by atoms with van der Waals surface area (Å²) in [7, 11) is 3.15. The van der Waals surface area contributed by atoms with Crippen LogP contribution in [0.5, 0.6) is 0 Å². The first kappa shape index (κ1) is 14.7. The van der Waals surface area contributed by atoms with Crippen LogP contribution >= 0.6 is 0 Å². The first-order valence-electron chi connectivity index (χ1n) is 4.79. The highest BCUT2D eigenvalue weighted by atomic mass is 16.5. The van der Waals surface area contributed by atoms with Crippen molar-refractivity contribution in [2.45, 2.75) is 13.0 Å². The van der Waals surface area contributed by atoms with E-state index in [4.69, 9.17) is 9.47 Å². The van der Waals surface area contributed by atoms with Crippen molar-refractivity contribution in [3.63, 3.8) is 0 Å². The molecule has 0 aliphatic rings. The van der Waals surface area contributed by atoms with Crippen molar-refractivity contribution in [2.75, 3.05) is 20.8 Å². The first-order valence-corrected chi connectivity index (χ1v) is 4.79. The third-order valence-corrected chi connectivity index (χ3v) is 1.40. The Kier molecular flexibility index (Phi) is 10.2. The summed E-state index contributed by atoms with van der Waals surface area (Å²) in [6.07, 6.45) is -0.262. The van der Waals surface area contributed by atoms with E-state index in [1.807, 2.05) is 0 Å². The van der Waals surface area contributed by atoms with E-state index in [-0.39, 0.29) is 6.10 Å². The lowest BCUT2D eigenvalue weighted by atomic mass is 10.4. The molecule has 0 bridgehead atoms. The minimum absolute atomic E-state index is 0.262. The molecule has 0 saturated heterocycles. The van der Waals surface area contributed by atoms with Crippen molar-refractivity contribution in [3.8, 4) is 59.2 Å². The van der Waals surface area contributed by atoms with Gasteiger partial charge in [0.15, 0.2) is 0 Å². The summed E-state index contributed by atoms with van der Waals surface area (Å²) >= 11 is 0. The van der Waals surface area contributed by atoms with Crippen LogP contribution < -0.4 is 0 Å². The molecule has 2 nitrogen and oxygen atoms in total. The average molecular weight is 224 g/mol. The number of rotatable bonds is 3. The monoisotopic (exact) mass is 224 g/mol. The van der Waals surface area contributed by atoms with E-state index in [9.17, 15) is 0 Å². The van der Waals surface area contributed by atoms with Gasteiger partial charge in [-0.1, -0.05) is 11.8 Å². The normalized spacial score (nSPS) is 8.18. The standard InChI is InChI=1S/C15H12O2/c1-4-5-6-7-8-9-10-11-12-13-15(17-3)14-16-2/h15H,14H2,1-3H3. The lowest BCUT2D eigenvalue weighted by Gasteiger charge is -2.04. The van der Waals surface area contributed by atoms with Gasteiger partial charge in [-0.15, -0.1) is 0 Å². The van der Waals surface area contributed by atoms with Crippen LogP contribution in [0.1, 0.15) is 6.92 Å². The van der Waals surface area contributed by atoms with E-state index < -0.39 is 0 Å². The van der Waals surface area contributed by atoms with Gasteiger partial charge in [0, 0.05) is 14.2 Å². The third-order valence-electron chi connectivity index (χ3n) is 1.40. The van der Waals surface area contributed by atoms with Gasteiger partial charge in [-0.05, 0) is 54.3 Å². The van der Waals surface area contributed by atoms with Crippen molar-refractivity contribution in [2.24, 2.45) is 0 Å². The highest BCUT2D eigenvalue weighted by Crippen LogP contribution is 1.86. The van der Waals surface area contributed by atoms with E-state index >= 15 is 0 Å². The maximum Gasteiger partial charge on any atom is 0.142 e. The van der Waals surface area contributed by atoms with E-state index in [1.165, 1.54) is 0 Å². The molecule has 0 spiro atoms. The Bertz CT molecular complexity index is 516. The number of methoxy groups -OCH3 is 2. The number of hydrogen-bond donors (Lipinski definition) is 0. The predicted octanol–water partition coefficient (Wildman–Crippen LogP) is 0.685. The molecule has 2 heteroatoms. The zero-order chi connectivity index (χ0) is 12.8. The Balaban J connectivity index is 4.24. The summed E-state index contributed by atoms with van der Waals surface area (Å²) in [6.45, 7) is 2.13. The molecule has 0 aromatic carbocycles. The average Bonchev–Trinajstić information content (AvgIpc) is 2.35. The van der Waals surface area contributed by atoms with Gasteiger partial charge in [-0.3, -0.25) is 0 Å². The van der Waals surface area contributed by atoms with Crippen LogP contribution in [0.2, 0.25) is 0 Å². The summed E-state index contributed by atoms with van der Waals surface area (Å²) in [6, 6.07) is 0. The Labute approximate surface area is 103 Å². The van der Waals surface area contributed by atoms with Crippen LogP contribution in [0.3, 0.4) is 0 Å². The molecule has 0 radical (unpaired) electrons. The molecule has 17 heavy (non-hydrogen) atoms. The van der Waals surface area contributed by atoms with Crippen LogP contribution in [0, 0.1) is 59.2 Å². The van der Waals surface area contributed by atoms with Crippen molar-refractivity contribution in [1.29, 1.82) is 0 Å². The fraction of sp³-hybridized carbons (Fsp3) is 0.333. The van der Waals surface area contributed by atoms with E-state index in [0.29, 0.717) is 6.61 Å². The second kappa shape index (κ2) is 11.8. The van der Waals surface area contributed by atoms with Crippen LogP contribution in [-0.4, -0.2) is 26.9 Å². The van der Waals surface area contributed by atoms with Gasteiger partial charge >= 0.3 is 0 Å². The Hall–Kier alpha value is -2.28. The smallest absolute Gasteiger partial charge is 0.142 e. The molecular formula is C15H12O2. The van der Waals surface area contributed by atoms with Gasteiger partial charge in [0.25, 0.3) is 0 Å². The fourth-order valence-electron chi connectivity index (χ4n) is 0.687. The second-order valence-electron chi connectivity index (χ2n) is 2.57. The largest absolute Gasteiger partial charge is 0.381 e. The minimum Gasteiger partial charge on any atom is -0.381 e. The van der Waals surface area contributed by atoms with E-state index in [2.05, 4.69) is 59.2 Å². The molecule has 0 saturated carbocycles. The maximum absolute atomic E-state index is 5.02. The van der Waals surface area contributed by atoms with E-state index in [1.54, 1.807) is 21.1 Å². The topological polar surface area (TPSA) is 18.5 Å². The molecule has 84 valence electrons. The highest BCUT2D eigenvalue weighted by molar-refractivity contribution is 5.42. The fourth-order valence-corrected chi connectivity index (χ4v) is 0.687. The van der Waals surface area contributed by atoms with Gasteiger partial charge in [0.05, 0.1) is 6.61 Å². The quantitative estimate of drug-likeness (QED) is 0.656. The molecule has 1 unspecified atom stereocenters. The molecule has 0 aromatic rings. The summed E-state index contributed by atoms with van der Waals surface area (Å²) in [5, 5.41) is 0. The maximum atomic E-state index is 5.02. The zero-order valence-electron chi connectivity index (χ0n) is 10.1. The Morgan fingerprint density at radius 1 is 0.824 bits per heavy atom. The summed E-state index contributed by atoms with van der Waals surface area (Å²) in [5.41, 5.74) is 0. The summed E-state index contributed by atoms with van der Waals surface area (Å²) in [4.78, 5) is 0. The molecule has 0 aliphatic heterocycles. The van der Waals surface area contributed by atoms with Gasteiger partial charge < -0.3 is 9.47 Å². The Morgan fingerprint density at radius 3 is 1.82 bits per heavy atom. The van der Waals surface area contributed by atoms with Crippen molar-refractivity contribution in [1.82, 2.24) is 0 Å². The molecule has 0 rings (SSSR count). The molecule has 1 atom stereocenters. The first-order chi connectivity index (χ1) is 8.35. The van der Waals surface area contributed by atoms with Crippen LogP contribution in [0.25, 0.3) is 0 Å². The molecule has 0 aromatic heterocycles. The Morgan fingerprint density at radius 2 is 1.35 bits per heavy atom.